The Kier molecular flexibility index (Phi) is 4.33. The molecule has 0 aromatic heterocycles. The highest BCUT2D eigenvalue weighted by molar-refractivity contribution is 5.90. The zero-order valence-electron chi connectivity index (χ0n) is 10.8. The van der Waals surface area contributed by atoms with Crippen LogP contribution in [0.25, 0.3) is 0 Å². The fourth-order valence-corrected chi connectivity index (χ4v) is 1.86. The first kappa shape index (κ1) is 13.1. The Morgan fingerprint density at radius 2 is 1.89 bits per heavy atom. The number of hydrogen-bond acceptors (Lipinski definition) is 3. The summed E-state index contributed by atoms with van der Waals surface area (Å²) in [6.45, 7) is 5.32. The summed E-state index contributed by atoms with van der Waals surface area (Å²) < 4.78 is 10.8. The fraction of sp³-hybridized carbons (Fsp3) is 0.500. The monoisotopic (exact) mass is 249 g/mol. The zero-order valence-corrected chi connectivity index (χ0v) is 10.8. The van der Waals surface area contributed by atoms with Gasteiger partial charge in [-0.05, 0) is 18.1 Å². The summed E-state index contributed by atoms with van der Waals surface area (Å²) in [5.41, 5.74) is 1.79. The normalized spacial score (nSPS) is 16.2. The quantitative estimate of drug-likeness (QED) is 0.892. The number of carbonyl (C=O) groups is 1. The van der Waals surface area contributed by atoms with Crippen LogP contribution in [-0.4, -0.2) is 19.1 Å². The van der Waals surface area contributed by atoms with Gasteiger partial charge in [-0.15, -0.1) is 0 Å². The minimum Gasteiger partial charge on any atom is -0.346 e. The van der Waals surface area contributed by atoms with Crippen LogP contribution in [-0.2, 0) is 14.3 Å². The van der Waals surface area contributed by atoms with Gasteiger partial charge in [0.1, 0.15) is 0 Å². The highest BCUT2D eigenvalue weighted by atomic mass is 16.7. The molecule has 0 bridgehead atoms. The lowest BCUT2D eigenvalue weighted by Gasteiger charge is -2.11. The number of anilines is 1. The van der Waals surface area contributed by atoms with Crippen molar-refractivity contribution in [1.29, 1.82) is 0 Å². The zero-order chi connectivity index (χ0) is 13.0. The fourth-order valence-electron chi connectivity index (χ4n) is 1.86. The molecule has 1 aliphatic rings. The molecule has 1 N–H and O–H groups in total. The molecule has 0 aliphatic carbocycles. The molecule has 1 aromatic carbocycles. The Bertz CT molecular complexity index is 394. The second-order valence-electron chi connectivity index (χ2n) is 4.84. The minimum atomic E-state index is -0.259. The summed E-state index contributed by atoms with van der Waals surface area (Å²) >= 11 is 0. The van der Waals surface area contributed by atoms with Crippen molar-refractivity contribution in [2.24, 2.45) is 5.92 Å². The van der Waals surface area contributed by atoms with Crippen molar-refractivity contribution in [3.05, 3.63) is 29.8 Å². The van der Waals surface area contributed by atoms with Crippen LogP contribution in [0.3, 0.4) is 0 Å². The predicted molar refractivity (Wildman–Crippen MR) is 69.2 cm³/mol. The molecule has 0 saturated carbocycles. The number of carbonyl (C=O) groups excluding carboxylic acids is 1. The highest BCUT2D eigenvalue weighted by Crippen LogP contribution is 2.24. The molecule has 1 aliphatic heterocycles. The van der Waals surface area contributed by atoms with E-state index in [1.54, 1.807) is 0 Å². The van der Waals surface area contributed by atoms with Crippen molar-refractivity contribution in [2.75, 3.05) is 18.5 Å². The maximum absolute atomic E-state index is 11.6. The van der Waals surface area contributed by atoms with Gasteiger partial charge in [-0.25, -0.2) is 0 Å². The van der Waals surface area contributed by atoms with E-state index in [0.29, 0.717) is 25.6 Å². The van der Waals surface area contributed by atoms with E-state index in [2.05, 4.69) is 5.32 Å². The first-order valence-electron chi connectivity index (χ1n) is 6.28. The molecule has 98 valence electrons. The van der Waals surface area contributed by atoms with Crippen LogP contribution in [0.5, 0.6) is 0 Å². The van der Waals surface area contributed by atoms with E-state index < -0.39 is 0 Å². The molecule has 1 heterocycles. The van der Waals surface area contributed by atoms with Crippen LogP contribution >= 0.6 is 0 Å². The summed E-state index contributed by atoms with van der Waals surface area (Å²) in [7, 11) is 0. The maximum Gasteiger partial charge on any atom is 0.224 e. The lowest BCUT2D eigenvalue weighted by Crippen LogP contribution is -2.13. The van der Waals surface area contributed by atoms with Gasteiger partial charge in [0, 0.05) is 17.7 Å². The van der Waals surface area contributed by atoms with E-state index >= 15 is 0 Å². The highest BCUT2D eigenvalue weighted by Gasteiger charge is 2.17. The molecule has 18 heavy (non-hydrogen) atoms. The molecule has 0 spiro atoms. The van der Waals surface area contributed by atoms with Crippen molar-refractivity contribution in [3.63, 3.8) is 0 Å². The molecule has 0 unspecified atom stereocenters. The van der Waals surface area contributed by atoms with Crippen LogP contribution < -0.4 is 5.32 Å². The van der Waals surface area contributed by atoms with Crippen LogP contribution in [0.1, 0.15) is 32.1 Å². The molecular formula is C14H19NO3. The van der Waals surface area contributed by atoms with Crippen molar-refractivity contribution < 1.29 is 14.3 Å². The number of nitrogens with one attached hydrogen (secondary N) is 1. The summed E-state index contributed by atoms with van der Waals surface area (Å²) in [4.78, 5) is 11.6. The third kappa shape index (κ3) is 3.55. The third-order valence-corrected chi connectivity index (χ3v) is 2.68. The maximum atomic E-state index is 11.6. The topological polar surface area (TPSA) is 47.6 Å². The van der Waals surface area contributed by atoms with E-state index in [1.807, 2.05) is 38.1 Å². The van der Waals surface area contributed by atoms with E-state index in [9.17, 15) is 4.79 Å². The smallest absolute Gasteiger partial charge is 0.224 e. The molecule has 0 atom stereocenters. The van der Waals surface area contributed by atoms with E-state index in [1.165, 1.54) is 0 Å². The van der Waals surface area contributed by atoms with Gasteiger partial charge in [0.15, 0.2) is 6.29 Å². The van der Waals surface area contributed by atoms with Crippen molar-refractivity contribution in [2.45, 2.75) is 26.6 Å². The van der Waals surface area contributed by atoms with Gasteiger partial charge in [-0.3, -0.25) is 4.79 Å². The van der Waals surface area contributed by atoms with Gasteiger partial charge >= 0.3 is 0 Å². The molecular weight excluding hydrogens is 230 g/mol. The van der Waals surface area contributed by atoms with E-state index in [4.69, 9.17) is 9.47 Å². The van der Waals surface area contributed by atoms with Crippen molar-refractivity contribution >= 4 is 11.6 Å². The number of benzene rings is 1. The van der Waals surface area contributed by atoms with Crippen molar-refractivity contribution in [3.8, 4) is 0 Å². The molecule has 2 rings (SSSR count). The predicted octanol–water partition coefficient (Wildman–Crippen LogP) is 2.72. The van der Waals surface area contributed by atoms with Gasteiger partial charge in [0.2, 0.25) is 5.91 Å². The lowest BCUT2D eigenvalue weighted by atomic mass is 10.1. The Hall–Kier alpha value is -1.39. The second kappa shape index (κ2) is 5.98. The first-order valence-corrected chi connectivity index (χ1v) is 6.28. The van der Waals surface area contributed by atoms with Gasteiger partial charge in [-0.2, -0.15) is 0 Å². The number of hydrogen-bond donors (Lipinski definition) is 1. The SMILES string of the molecule is CC(C)CC(=O)Nc1ccc(C2OCCO2)cc1. The average Bonchev–Trinajstić information content (AvgIpc) is 2.82. The van der Waals surface area contributed by atoms with Crippen LogP contribution in [0.4, 0.5) is 5.69 Å². The van der Waals surface area contributed by atoms with Crippen molar-refractivity contribution in [1.82, 2.24) is 0 Å². The van der Waals surface area contributed by atoms with Gasteiger partial charge in [-0.1, -0.05) is 26.0 Å². The average molecular weight is 249 g/mol. The summed E-state index contributed by atoms with van der Waals surface area (Å²) in [5, 5.41) is 2.87. The lowest BCUT2D eigenvalue weighted by molar-refractivity contribution is -0.116. The van der Waals surface area contributed by atoms with E-state index in [0.717, 1.165) is 11.3 Å². The first-order chi connectivity index (χ1) is 8.65. The van der Waals surface area contributed by atoms with Crippen LogP contribution in [0.2, 0.25) is 0 Å². The Balaban J connectivity index is 1.93. The molecule has 1 fully saturated rings. The molecule has 1 amide bonds. The summed E-state index contributed by atoms with van der Waals surface area (Å²) in [6, 6.07) is 7.58. The number of ether oxygens (including phenoxy) is 2. The number of amides is 1. The Morgan fingerprint density at radius 3 is 2.44 bits per heavy atom. The van der Waals surface area contributed by atoms with E-state index in [-0.39, 0.29) is 12.2 Å². The molecule has 1 saturated heterocycles. The van der Waals surface area contributed by atoms with Gasteiger partial charge in [0.25, 0.3) is 0 Å². The minimum absolute atomic E-state index is 0.0473. The largest absolute Gasteiger partial charge is 0.346 e. The van der Waals surface area contributed by atoms with Gasteiger partial charge in [0.05, 0.1) is 13.2 Å². The molecule has 4 nitrogen and oxygen atoms in total. The van der Waals surface area contributed by atoms with Crippen LogP contribution in [0, 0.1) is 5.92 Å². The molecule has 1 aromatic rings. The third-order valence-electron chi connectivity index (χ3n) is 2.68. The summed E-state index contributed by atoms with van der Waals surface area (Å²) in [6.07, 6.45) is 0.279. The Morgan fingerprint density at radius 1 is 1.28 bits per heavy atom. The molecule has 0 radical (unpaired) electrons. The second-order valence-corrected chi connectivity index (χ2v) is 4.84. The molecule has 4 heteroatoms. The Labute approximate surface area is 107 Å². The number of rotatable bonds is 4. The standard InChI is InChI=1S/C14H19NO3/c1-10(2)9-13(16)15-12-5-3-11(4-6-12)14-17-7-8-18-14/h3-6,10,14H,7-9H2,1-2H3,(H,15,16). The van der Waals surface area contributed by atoms with Gasteiger partial charge < -0.3 is 14.8 Å². The summed E-state index contributed by atoms with van der Waals surface area (Å²) in [5.74, 6) is 0.413. The van der Waals surface area contributed by atoms with Crippen LogP contribution in [0.15, 0.2) is 24.3 Å².